The standard InChI is InChI=1S/C14H16N2O5/c1-8(2)21-13-12(20-4)10-6-5-9(16(18)19)7-11(10)15(3)14(13)17/h5-8H,1-4H3. The number of ether oxygens (including phenoxy) is 2. The number of benzene rings is 1. The van der Waals surface area contributed by atoms with Crippen LogP contribution >= 0.6 is 0 Å². The zero-order valence-corrected chi connectivity index (χ0v) is 12.2. The maximum atomic E-state index is 12.4. The van der Waals surface area contributed by atoms with Gasteiger partial charge in [0.25, 0.3) is 11.2 Å². The van der Waals surface area contributed by atoms with Crippen molar-refractivity contribution in [2.45, 2.75) is 20.0 Å². The Morgan fingerprint density at radius 3 is 2.48 bits per heavy atom. The van der Waals surface area contributed by atoms with Crippen LogP contribution < -0.4 is 15.0 Å². The molecule has 0 atom stereocenters. The highest BCUT2D eigenvalue weighted by Gasteiger charge is 2.20. The molecule has 0 aliphatic carbocycles. The first kappa shape index (κ1) is 14.8. The number of pyridine rings is 1. The van der Waals surface area contributed by atoms with Gasteiger partial charge < -0.3 is 14.0 Å². The molecule has 112 valence electrons. The van der Waals surface area contributed by atoms with Crippen LogP contribution in [0.4, 0.5) is 5.69 Å². The number of fused-ring (bicyclic) bond motifs is 1. The summed E-state index contributed by atoms with van der Waals surface area (Å²) in [6, 6.07) is 4.27. The monoisotopic (exact) mass is 292 g/mol. The zero-order chi connectivity index (χ0) is 15.7. The fourth-order valence-electron chi connectivity index (χ4n) is 2.13. The molecule has 1 heterocycles. The van der Waals surface area contributed by atoms with Gasteiger partial charge in [0.05, 0.1) is 23.7 Å². The molecule has 2 aromatic rings. The Hall–Kier alpha value is -2.57. The molecule has 7 heteroatoms. The predicted molar refractivity (Wildman–Crippen MR) is 78.2 cm³/mol. The van der Waals surface area contributed by atoms with E-state index in [0.29, 0.717) is 10.9 Å². The lowest BCUT2D eigenvalue weighted by Gasteiger charge is -2.16. The van der Waals surface area contributed by atoms with Crippen molar-refractivity contribution in [1.82, 2.24) is 4.57 Å². The van der Waals surface area contributed by atoms with E-state index in [4.69, 9.17) is 9.47 Å². The number of aromatic nitrogens is 1. The summed E-state index contributed by atoms with van der Waals surface area (Å²) in [7, 11) is 2.98. The molecule has 0 aliphatic rings. The topological polar surface area (TPSA) is 83.6 Å². The SMILES string of the molecule is COc1c(OC(C)C)c(=O)n(C)c2cc([N+](=O)[O-])ccc12. The Kier molecular flexibility index (Phi) is 3.84. The van der Waals surface area contributed by atoms with Gasteiger partial charge in [0.15, 0.2) is 5.75 Å². The highest BCUT2D eigenvalue weighted by Crippen LogP contribution is 2.34. The number of rotatable bonds is 4. The van der Waals surface area contributed by atoms with Crippen LogP contribution in [-0.2, 0) is 7.05 Å². The minimum atomic E-state index is -0.505. The minimum absolute atomic E-state index is 0.0860. The molecule has 0 radical (unpaired) electrons. The van der Waals surface area contributed by atoms with Gasteiger partial charge in [-0.15, -0.1) is 0 Å². The van der Waals surface area contributed by atoms with Gasteiger partial charge in [0.1, 0.15) is 0 Å². The smallest absolute Gasteiger partial charge is 0.297 e. The summed E-state index contributed by atoms with van der Waals surface area (Å²) in [4.78, 5) is 22.7. The molecule has 21 heavy (non-hydrogen) atoms. The van der Waals surface area contributed by atoms with Crippen molar-refractivity contribution in [2.24, 2.45) is 7.05 Å². The van der Waals surface area contributed by atoms with Crippen molar-refractivity contribution in [3.8, 4) is 11.5 Å². The van der Waals surface area contributed by atoms with E-state index in [-0.39, 0.29) is 23.3 Å². The summed E-state index contributed by atoms with van der Waals surface area (Å²) in [5, 5.41) is 11.5. The lowest BCUT2D eigenvalue weighted by atomic mass is 10.1. The molecule has 0 saturated heterocycles. The second kappa shape index (κ2) is 5.43. The number of nitro benzene ring substituents is 1. The third-order valence-corrected chi connectivity index (χ3v) is 3.06. The highest BCUT2D eigenvalue weighted by atomic mass is 16.6. The van der Waals surface area contributed by atoms with Gasteiger partial charge >= 0.3 is 0 Å². The number of nitrogens with zero attached hydrogens (tertiary/aromatic N) is 2. The quantitative estimate of drug-likeness (QED) is 0.637. The molecule has 0 N–H and O–H groups in total. The summed E-state index contributed by atoms with van der Waals surface area (Å²) in [6.07, 6.45) is -0.193. The van der Waals surface area contributed by atoms with Crippen molar-refractivity contribution in [3.63, 3.8) is 0 Å². The minimum Gasteiger partial charge on any atom is -0.492 e. The third-order valence-electron chi connectivity index (χ3n) is 3.06. The first-order valence-corrected chi connectivity index (χ1v) is 6.38. The number of non-ortho nitro benzene ring substituents is 1. The van der Waals surface area contributed by atoms with Crippen LogP contribution in [-0.4, -0.2) is 22.7 Å². The molecule has 0 spiro atoms. The molecule has 2 rings (SSSR count). The predicted octanol–water partition coefficient (Wildman–Crippen LogP) is 2.24. The van der Waals surface area contributed by atoms with E-state index in [1.165, 1.54) is 23.8 Å². The molecular formula is C14H16N2O5. The average Bonchev–Trinajstić information content (AvgIpc) is 2.44. The maximum Gasteiger partial charge on any atom is 0.297 e. The van der Waals surface area contributed by atoms with E-state index < -0.39 is 10.5 Å². The summed E-state index contributed by atoms with van der Waals surface area (Å²) in [5.74, 6) is 0.396. The normalized spacial score (nSPS) is 10.9. The van der Waals surface area contributed by atoms with E-state index in [2.05, 4.69) is 0 Å². The largest absolute Gasteiger partial charge is 0.492 e. The number of hydrogen-bond donors (Lipinski definition) is 0. The van der Waals surface area contributed by atoms with Gasteiger partial charge in [-0.25, -0.2) is 0 Å². The molecule has 0 unspecified atom stereocenters. The van der Waals surface area contributed by atoms with Crippen LogP contribution in [0, 0.1) is 10.1 Å². The maximum absolute atomic E-state index is 12.4. The lowest BCUT2D eigenvalue weighted by Crippen LogP contribution is -2.23. The van der Waals surface area contributed by atoms with Crippen molar-refractivity contribution in [3.05, 3.63) is 38.7 Å². The van der Waals surface area contributed by atoms with Crippen LogP contribution in [0.15, 0.2) is 23.0 Å². The first-order valence-electron chi connectivity index (χ1n) is 6.38. The highest BCUT2D eigenvalue weighted by molar-refractivity contribution is 5.89. The third kappa shape index (κ3) is 2.54. The van der Waals surface area contributed by atoms with Crippen molar-refractivity contribution in [2.75, 3.05) is 7.11 Å². The zero-order valence-electron chi connectivity index (χ0n) is 12.2. The average molecular weight is 292 g/mol. The van der Waals surface area contributed by atoms with Gasteiger partial charge in [-0.1, -0.05) is 0 Å². The second-order valence-corrected chi connectivity index (χ2v) is 4.85. The molecule has 0 aliphatic heterocycles. The molecule has 1 aromatic heterocycles. The summed E-state index contributed by atoms with van der Waals surface area (Å²) < 4.78 is 12.2. The molecule has 1 aromatic carbocycles. The number of aryl methyl sites for hydroxylation is 1. The van der Waals surface area contributed by atoms with E-state index in [0.717, 1.165) is 0 Å². The molecule has 7 nitrogen and oxygen atoms in total. The van der Waals surface area contributed by atoms with Crippen LogP contribution in [0.25, 0.3) is 10.9 Å². The van der Waals surface area contributed by atoms with E-state index >= 15 is 0 Å². The Balaban J connectivity index is 2.85. The van der Waals surface area contributed by atoms with Crippen LogP contribution in [0.5, 0.6) is 11.5 Å². The number of hydrogen-bond acceptors (Lipinski definition) is 5. The molecule has 0 saturated carbocycles. The van der Waals surface area contributed by atoms with E-state index in [1.807, 2.05) is 0 Å². The second-order valence-electron chi connectivity index (χ2n) is 4.85. The molecular weight excluding hydrogens is 276 g/mol. The van der Waals surface area contributed by atoms with E-state index in [1.54, 1.807) is 27.0 Å². The Labute approximate surface area is 120 Å². The summed E-state index contributed by atoms with van der Waals surface area (Å²) in [5.41, 5.74) is -0.0622. The van der Waals surface area contributed by atoms with Crippen molar-refractivity contribution < 1.29 is 14.4 Å². The lowest BCUT2D eigenvalue weighted by molar-refractivity contribution is -0.384. The fraction of sp³-hybridized carbons (Fsp3) is 0.357. The molecule has 0 bridgehead atoms. The first-order chi connectivity index (χ1) is 9.86. The number of methoxy groups -OCH3 is 1. The van der Waals surface area contributed by atoms with Gasteiger partial charge in [0.2, 0.25) is 5.75 Å². The van der Waals surface area contributed by atoms with Crippen molar-refractivity contribution in [1.29, 1.82) is 0 Å². The Bertz CT molecular complexity index is 764. The van der Waals surface area contributed by atoms with Gasteiger partial charge in [-0.3, -0.25) is 14.9 Å². The van der Waals surface area contributed by atoms with Gasteiger partial charge in [0, 0.05) is 24.6 Å². The number of nitro groups is 1. The van der Waals surface area contributed by atoms with Gasteiger partial charge in [-0.2, -0.15) is 0 Å². The fourth-order valence-corrected chi connectivity index (χ4v) is 2.13. The Morgan fingerprint density at radius 2 is 1.95 bits per heavy atom. The summed E-state index contributed by atoms with van der Waals surface area (Å²) >= 11 is 0. The van der Waals surface area contributed by atoms with E-state index in [9.17, 15) is 14.9 Å². The molecule has 0 amide bonds. The van der Waals surface area contributed by atoms with Crippen LogP contribution in [0.1, 0.15) is 13.8 Å². The summed E-state index contributed by atoms with van der Waals surface area (Å²) in [6.45, 7) is 3.61. The van der Waals surface area contributed by atoms with Crippen molar-refractivity contribution >= 4 is 16.6 Å². The molecule has 0 fully saturated rings. The Morgan fingerprint density at radius 1 is 1.29 bits per heavy atom. The van der Waals surface area contributed by atoms with Crippen LogP contribution in [0.3, 0.4) is 0 Å². The van der Waals surface area contributed by atoms with Gasteiger partial charge in [-0.05, 0) is 19.9 Å². The van der Waals surface area contributed by atoms with Crippen LogP contribution in [0.2, 0.25) is 0 Å².